The number of para-hydroxylation sites is 1. The van der Waals surface area contributed by atoms with Crippen LogP contribution in [0.4, 0.5) is 0 Å². The predicted molar refractivity (Wildman–Crippen MR) is 98.9 cm³/mol. The highest BCUT2D eigenvalue weighted by atomic mass is 16.5. The highest BCUT2D eigenvalue weighted by Crippen LogP contribution is 2.20. The van der Waals surface area contributed by atoms with E-state index < -0.39 is 0 Å². The molecule has 0 aliphatic carbocycles. The molecular weight excluding hydrogens is 326 g/mol. The Morgan fingerprint density at radius 3 is 2.69 bits per heavy atom. The van der Waals surface area contributed by atoms with Crippen LogP contribution in [-0.4, -0.2) is 27.1 Å². The summed E-state index contributed by atoms with van der Waals surface area (Å²) >= 11 is 0. The van der Waals surface area contributed by atoms with Gasteiger partial charge in [-0.3, -0.25) is 4.79 Å². The van der Waals surface area contributed by atoms with Crippen molar-refractivity contribution < 1.29 is 9.53 Å². The molecule has 4 rings (SSSR count). The van der Waals surface area contributed by atoms with Gasteiger partial charge in [-0.25, -0.2) is 4.68 Å². The molecule has 26 heavy (non-hydrogen) atoms. The Hall–Kier alpha value is -3.08. The van der Waals surface area contributed by atoms with Crippen LogP contribution in [0, 0.1) is 6.92 Å². The molecule has 0 spiro atoms. The first-order chi connectivity index (χ1) is 12.7. The number of benzene rings is 2. The van der Waals surface area contributed by atoms with Gasteiger partial charge in [0.25, 0.3) is 5.91 Å². The van der Waals surface area contributed by atoms with Crippen molar-refractivity contribution >= 4 is 5.91 Å². The smallest absolute Gasteiger partial charge is 0.274 e. The number of amides is 1. The van der Waals surface area contributed by atoms with Gasteiger partial charge >= 0.3 is 0 Å². The Morgan fingerprint density at radius 1 is 1.08 bits per heavy atom. The predicted octanol–water partition coefficient (Wildman–Crippen LogP) is 3.43. The second-order valence-corrected chi connectivity index (χ2v) is 6.52. The first-order valence-electron chi connectivity index (χ1n) is 8.78. The Morgan fingerprint density at radius 2 is 1.85 bits per heavy atom. The van der Waals surface area contributed by atoms with Gasteiger partial charge in [0.1, 0.15) is 5.75 Å². The molecule has 0 atom stereocenters. The van der Waals surface area contributed by atoms with Gasteiger partial charge in [-0.1, -0.05) is 42.5 Å². The van der Waals surface area contributed by atoms with Crippen molar-refractivity contribution in [2.24, 2.45) is 0 Å². The van der Waals surface area contributed by atoms with Crippen LogP contribution in [-0.2, 0) is 19.7 Å². The van der Waals surface area contributed by atoms with E-state index in [0.29, 0.717) is 12.2 Å². The van der Waals surface area contributed by atoms with Crippen molar-refractivity contribution in [2.75, 3.05) is 6.54 Å². The SMILES string of the molecule is Cc1ccccc1OCn1ccc(C(=O)N2CCc3ccccc3C2)n1. The Bertz CT molecular complexity index is 932. The number of fused-ring (bicyclic) bond motifs is 1. The fourth-order valence-corrected chi connectivity index (χ4v) is 3.23. The Kier molecular flexibility index (Phi) is 4.44. The number of aryl methyl sites for hydroxylation is 1. The number of rotatable bonds is 4. The number of ether oxygens (including phenoxy) is 1. The van der Waals surface area contributed by atoms with E-state index in [1.54, 1.807) is 16.9 Å². The van der Waals surface area contributed by atoms with Gasteiger partial charge in [0.05, 0.1) is 0 Å². The molecule has 0 fully saturated rings. The van der Waals surface area contributed by atoms with E-state index in [0.717, 1.165) is 24.3 Å². The van der Waals surface area contributed by atoms with Crippen molar-refractivity contribution in [1.29, 1.82) is 0 Å². The summed E-state index contributed by atoms with van der Waals surface area (Å²) < 4.78 is 7.43. The molecular formula is C21H21N3O2. The molecule has 132 valence electrons. The number of carbonyl (C=O) groups is 1. The van der Waals surface area contributed by atoms with Crippen LogP contribution in [0.2, 0.25) is 0 Å². The number of hydrogen-bond acceptors (Lipinski definition) is 3. The van der Waals surface area contributed by atoms with Gasteiger partial charge in [0, 0.05) is 19.3 Å². The summed E-state index contributed by atoms with van der Waals surface area (Å²) in [6.07, 6.45) is 2.67. The molecule has 0 bridgehead atoms. The lowest BCUT2D eigenvalue weighted by atomic mass is 10.00. The van der Waals surface area contributed by atoms with E-state index in [2.05, 4.69) is 17.2 Å². The standard InChI is InChI=1S/C21H21N3O2/c1-16-6-2-5-9-20(16)26-15-24-13-11-19(22-24)21(25)23-12-10-17-7-3-4-8-18(17)14-23/h2-9,11,13H,10,12,14-15H2,1H3. The number of carbonyl (C=O) groups excluding carboxylic acids is 1. The first kappa shape index (κ1) is 16.4. The van der Waals surface area contributed by atoms with Crippen LogP contribution < -0.4 is 4.74 Å². The second kappa shape index (κ2) is 7.04. The molecule has 0 saturated carbocycles. The molecule has 3 aromatic rings. The van der Waals surface area contributed by atoms with Crippen LogP contribution in [0.15, 0.2) is 60.8 Å². The van der Waals surface area contributed by atoms with E-state index in [1.165, 1.54) is 11.1 Å². The van der Waals surface area contributed by atoms with Crippen LogP contribution in [0.3, 0.4) is 0 Å². The van der Waals surface area contributed by atoms with Gasteiger partial charge in [-0.15, -0.1) is 0 Å². The zero-order valence-corrected chi connectivity index (χ0v) is 14.8. The van der Waals surface area contributed by atoms with Gasteiger partial charge in [-0.05, 0) is 42.2 Å². The molecule has 0 saturated heterocycles. The van der Waals surface area contributed by atoms with Gasteiger partial charge in [0.2, 0.25) is 0 Å². The fourth-order valence-electron chi connectivity index (χ4n) is 3.23. The number of nitrogens with zero attached hydrogens (tertiary/aromatic N) is 3. The van der Waals surface area contributed by atoms with Crippen LogP contribution in [0.25, 0.3) is 0 Å². The lowest BCUT2D eigenvalue weighted by molar-refractivity contribution is 0.0726. The van der Waals surface area contributed by atoms with E-state index in [-0.39, 0.29) is 12.6 Å². The van der Waals surface area contributed by atoms with Crippen LogP contribution in [0.1, 0.15) is 27.2 Å². The maximum atomic E-state index is 12.8. The second-order valence-electron chi connectivity index (χ2n) is 6.52. The molecule has 2 aromatic carbocycles. The topological polar surface area (TPSA) is 47.4 Å². The molecule has 0 N–H and O–H groups in total. The van der Waals surface area contributed by atoms with Gasteiger partial charge < -0.3 is 9.64 Å². The minimum atomic E-state index is -0.0332. The lowest BCUT2D eigenvalue weighted by Gasteiger charge is -2.28. The van der Waals surface area contributed by atoms with Crippen molar-refractivity contribution in [3.63, 3.8) is 0 Å². The number of aromatic nitrogens is 2. The third kappa shape index (κ3) is 3.33. The molecule has 1 amide bonds. The minimum Gasteiger partial charge on any atom is -0.471 e. The average molecular weight is 347 g/mol. The molecule has 0 unspecified atom stereocenters. The summed E-state index contributed by atoms with van der Waals surface area (Å²) in [5, 5.41) is 4.39. The van der Waals surface area contributed by atoms with Crippen molar-refractivity contribution in [3.05, 3.63) is 83.2 Å². The highest BCUT2D eigenvalue weighted by molar-refractivity contribution is 5.92. The monoisotopic (exact) mass is 347 g/mol. The third-order valence-electron chi connectivity index (χ3n) is 4.72. The number of hydrogen-bond donors (Lipinski definition) is 0. The largest absolute Gasteiger partial charge is 0.471 e. The quantitative estimate of drug-likeness (QED) is 0.726. The van der Waals surface area contributed by atoms with Crippen LogP contribution >= 0.6 is 0 Å². The maximum absolute atomic E-state index is 12.8. The van der Waals surface area contributed by atoms with E-state index in [9.17, 15) is 4.79 Å². The summed E-state index contributed by atoms with van der Waals surface area (Å²) in [7, 11) is 0. The van der Waals surface area contributed by atoms with Crippen molar-refractivity contribution in [2.45, 2.75) is 26.6 Å². The molecule has 0 radical (unpaired) electrons. The van der Waals surface area contributed by atoms with Gasteiger partial charge in [0.15, 0.2) is 12.4 Å². The summed E-state index contributed by atoms with van der Waals surface area (Å²) in [6, 6.07) is 17.9. The van der Waals surface area contributed by atoms with Crippen LogP contribution in [0.5, 0.6) is 5.75 Å². The third-order valence-corrected chi connectivity index (χ3v) is 4.72. The van der Waals surface area contributed by atoms with E-state index in [4.69, 9.17) is 4.74 Å². The zero-order valence-electron chi connectivity index (χ0n) is 14.8. The van der Waals surface area contributed by atoms with Crippen molar-refractivity contribution in [3.8, 4) is 5.75 Å². The van der Waals surface area contributed by atoms with E-state index >= 15 is 0 Å². The zero-order chi connectivity index (χ0) is 17.9. The van der Waals surface area contributed by atoms with E-state index in [1.807, 2.05) is 48.2 Å². The summed E-state index contributed by atoms with van der Waals surface area (Å²) in [6.45, 7) is 3.65. The minimum absolute atomic E-state index is 0.0332. The summed E-state index contributed by atoms with van der Waals surface area (Å²) in [5.74, 6) is 0.789. The molecule has 5 heteroatoms. The molecule has 1 aliphatic heterocycles. The highest BCUT2D eigenvalue weighted by Gasteiger charge is 2.23. The summed E-state index contributed by atoms with van der Waals surface area (Å²) in [4.78, 5) is 14.6. The Labute approximate surface area is 152 Å². The van der Waals surface area contributed by atoms with Gasteiger partial charge in [-0.2, -0.15) is 5.10 Å². The lowest BCUT2D eigenvalue weighted by Crippen LogP contribution is -2.36. The van der Waals surface area contributed by atoms with Crippen molar-refractivity contribution in [1.82, 2.24) is 14.7 Å². The first-order valence-corrected chi connectivity index (χ1v) is 8.78. The summed E-state index contributed by atoms with van der Waals surface area (Å²) in [5.41, 5.74) is 4.07. The fraction of sp³-hybridized carbons (Fsp3) is 0.238. The average Bonchev–Trinajstić information content (AvgIpc) is 3.15. The molecule has 5 nitrogen and oxygen atoms in total. The normalized spacial score (nSPS) is 13.3. The molecule has 1 aromatic heterocycles. The Balaban J connectivity index is 1.41. The molecule has 1 aliphatic rings. The maximum Gasteiger partial charge on any atom is 0.274 e. The molecule has 2 heterocycles.